The van der Waals surface area contributed by atoms with E-state index in [1.54, 1.807) is 7.11 Å². The van der Waals surface area contributed by atoms with E-state index in [0.29, 0.717) is 34.9 Å². The van der Waals surface area contributed by atoms with Crippen molar-refractivity contribution in [1.82, 2.24) is 14.8 Å². The van der Waals surface area contributed by atoms with Crippen LogP contribution in [0.2, 0.25) is 0 Å². The molecule has 0 amide bonds. The number of allylic oxidation sites excluding steroid dienone is 1. The third-order valence-corrected chi connectivity index (χ3v) is 7.60. The Morgan fingerprint density at radius 3 is 2.65 bits per heavy atom. The fourth-order valence-corrected chi connectivity index (χ4v) is 5.53. The molecule has 2 heterocycles. The average molecular weight is 813 g/mol. The van der Waals surface area contributed by atoms with Crippen molar-refractivity contribution in [3.63, 3.8) is 0 Å². The van der Waals surface area contributed by atoms with Crippen molar-refractivity contribution in [3.05, 3.63) is 85.5 Å². The van der Waals surface area contributed by atoms with Crippen LogP contribution < -0.4 is 20.7 Å². The Labute approximate surface area is 278 Å². The third-order valence-electron chi connectivity index (χ3n) is 7.60. The van der Waals surface area contributed by atoms with Gasteiger partial charge in [0.15, 0.2) is 6.29 Å². The third kappa shape index (κ3) is 7.79. The molecule has 0 spiro atoms. The summed E-state index contributed by atoms with van der Waals surface area (Å²) in [5.74, 6) is 0.386. The molecule has 3 aromatic rings. The molecule has 3 atom stereocenters. The molecule has 1 aromatic heterocycles. The number of hydrogen-bond acceptors (Lipinski definition) is 7. The van der Waals surface area contributed by atoms with Crippen LogP contribution in [0.4, 0.5) is 15.8 Å². The molecule has 8 nitrogen and oxygen atoms in total. The summed E-state index contributed by atoms with van der Waals surface area (Å²) in [7, 11) is 5.75. The number of nitrogens with one attached hydrogen (secondary N) is 3. The van der Waals surface area contributed by atoms with Gasteiger partial charge in [0.25, 0.3) is 0 Å². The van der Waals surface area contributed by atoms with Crippen molar-refractivity contribution in [3.8, 4) is 5.75 Å². The SMILES string of the molecule is C=CC(O)Nc1cc(NC2N=CC(F)=C(c3c([CH2-])n(C[CH2-])c4ccccc34)N2)c(OC)cc1C(CCC)CCN(C)C.[U+2]. The fraction of sp³-hybridized carbons (Fsp3) is 0.364. The van der Waals surface area contributed by atoms with Gasteiger partial charge in [-0.25, -0.2) is 16.3 Å². The Kier molecular flexibility index (Phi) is 12.6. The summed E-state index contributed by atoms with van der Waals surface area (Å²) in [6.45, 7) is 15.6. The van der Waals surface area contributed by atoms with Crippen LogP contribution in [0.3, 0.4) is 0 Å². The molecule has 10 heteroatoms. The maximum atomic E-state index is 15.3. The van der Waals surface area contributed by atoms with Crippen molar-refractivity contribution in [2.24, 2.45) is 4.99 Å². The fourth-order valence-electron chi connectivity index (χ4n) is 5.53. The number of methoxy groups -OCH3 is 1. The zero-order valence-corrected chi connectivity index (χ0v) is 29.7. The molecule has 1 aliphatic heterocycles. The first-order chi connectivity index (χ1) is 20.2. The van der Waals surface area contributed by atoms with E-state index in [4.69, 9.17) is 4.74 Å². The average Bonchev–Trinajstić information content (AvgIpc) is 3.27. The normalized spacial score (nSPS) is 16.0. The molecular weight excluding hydrogens is 769 g/mol. The summed E-state index contributed by atoms with van der Waals surface area (Å²) in [5, 5.41) is 21.1. The van der Waals surface area contributed by atoms with Gasteiger partial charge in [0.2, 0.25) is 0 Å². The van der Waals surface area contributed by atoms with Gasteiger partial charge in [0.05, 0.1) is 19.0 Å². The van der Waals surface area contributed by atoms with Gasteiger partial charge in [-0.2, -0.15) is 0 Å². The van der Waals surface area contributed by atoms with Crippen LogP contribution in [0, 0.1) is 45.0 Å². The zero-order chi connectivity index (χ0) is 30.4. The van der Waals surface area contributed by atoms with Gasteiger partial charge in [-0.05, 0) is 69.2 Å². The van der Waals surface area contributed by atoms with Gasteiger partial charge in [-0.3, -0.25) is 0 Å². The molecule has 43 heavy (non-hydrogen) atoms. The number of rotatable bonds is 14. The quantitative estimate of drug-likeness (QED) is 0.0893. The van der Waals surface area contributed by atoms with Crippen molar-refractivity contribution in [1.29, 1.82) is 0 Å². The molecule has 1 aliphatic rings. The summed E-state index contributed by atoms with van der Waals surface area (Å²) in [5.41, 5.74) is 5.04. The van der Waals surface area contributed by atoms with Gasteiger partial charge in [-0.15, -0.1) is 17.8 Å². The Bertz CT molecular complexity index is 1470. The van der Waals surface area contributed by atoms with Crippen molar-refractivity contribution >= 4 is 34.2 Å². The molecule has 4 rings (SSSR count). The van der Waals surface area contributed by atoms with Gasteiger partial charge in [0.1, 0.15) is 17.8 Å². The van der Waals surface area contributed by atoms with E-state index in [0.717, 1.165) is 48.0 Å². The molecule has 0 saturated heterocycles. The second-order valence-electron chi connectivity index (χ2n) is 10.7. The summed E-state index contributed by atoms with van der Waals surface area (Å²) in [4.78, 5) is 6.54. The second kappa shape index (κ2) is 15.7. The van der Waals surface area contributed by atoms with Gasteiger partial charge in [0, 0.05) is 16.9 Å². The minimum Gasteiger partial charge on any atom is -0.495 e. The minimum atomic E-state index is -0.934. The van der Waals surface area contributed by atoms with E-state index in [-0.39, 0.29) is 37.0 Å². The van der Waals surface area contributed by atoms with E-state index >= 15 is 4.39 Å². The number of aliphatic hydroxyl groups is 1. The number of para-hydroxylation sites is 1. The number of ether oxygens (including phenoxy) is 1. The van der Waals surface area contributed by atoms with E-state index in [9.17, 15) is 5.11 Å². The number of aliphatic imine (C=N–C) groups is 1. The Hall–Kier alpha value is -2.90. The topological polar surface area (TPSA) is 86.1 Å². The maximum Gasteiger partial charge on any atom is 2.00 e. The Balaban J connectivity index is 0.00000506. The van der Waals surface area contributed by atoms with E-state index < -0.39 is 18.3 Å². The molecule has 3 unspecified atom stereocenters. The summed E-state index contributed by atoms with van der Waals surface area (Å²) in [6, 6.07) is 11.7. The first-order valence-corrected chi connectivity index (χ1v) is 14.3. The monoisotopic (exact) mass is 812 g/mol. The number of fused-ring (bicyclic) bond motifs is 1. The summed E-state index contributed by atoms with van der Waals surface area (Å²) < 4.78 is 23.1. The molecular formula is C33H43FN6O2U. The van der Waals surface area contributed by atoms with Crippen LogP contribution >= 0.6 is 0 Å². The van der Waals surface area contributed by atoms with Gasteiger partial charge < -0.3 is 42.2 Å². The van der Waals surface area contributed by atoms with E-state index in [1.165, 1.54) is 12.3 Å². The number of aliphatic hydroxyl groups excluding tert-OH is 1. The number of nitrogens with zero attached hydrogens (tertiary/aromatic N) is 3. The smallest absolute Gasteiger partial charge is 0.495 e. The van der Waals surface area contributed by atoms with Crippen molar-refractivity contribution in [2.75, 3.05) is 38.4 Å². The minimum absolute atomic E-state index is 0. The predicted molar refractivity (Wildman–Crippen MR) is 172 cm³/mol. The van der Waals surface area contributed by atoms with Crippen LogP contribution in [-0.4, -0.2) is 61.1 Å². The second-order valence-corrected chi connectivity index (χ2v) is 10.7. The number of halogens is 1. The van der Waals surface area contributed by atoms with Crippen LogP contribution in [0.15, 0.2) is 59.9 Å². The summed E-state index contributed by atoms with van der Waals surface area (Å²) >= 11 is 0. The molecule has 0 bridgehead atoms. The van der Waals surface area contributed by atoms with Crippen molar-refractivity contribution in [2.45, 2.75) is 51.2 Å². The summed E-state index contributed by atoms with van der Waals surface area (Å²) in [6.07, 6.45) is 3.99. The molecule has 228 valence electrons. The Morgan fingerprint density at radius 1 is 1.26 bits per heavy atom. The molecule has 2 aromatic carbocycles. The zero-order valence-electron chi connectivity index (χ0n) is 25.6. The van der Waals surface area contributed by atoms with Crippen molar-refractivity contribution < 1.29 is 45.3 Å². The molecule has 0 aliphatic carbocycles. The number of hydrogen-bond donors (Lipinski definition) is 4. The van der Waals surface area contributed by atoms with E-state index in [2.05, 4.69) is 67.3 Å². The first kappa shape index (κ1) is 34.6. The predicted octanol–water partition coefficient (Wildman–Crippen LogP) is 6.13. The van der Waals surface area contributed by atoms with Crippen LogP contribution in [0.5, 0.6) is 5.75 Å². The standard InChI is InChI=1S/C33H43FN6O2.U/c1-8-13-22(16-17-39(5)6)24-18-29(42-7)27(19-26(24)36-30(41)9-2)37-33-35-20-25(34)32(38-33)31-21(4)40(10-3)28-15-12-11-14-23(28)31;/h9,11-12,14-15,18-20,22,30,33,36-38,41H,2-4,8,10,13,16-17H2,1,5-7H3;/q-2;+2. The number of benzene rings is 2. The molecule has 0 fully saturated rings. The number of aromatic nitrogens is 1. The van der Waals surface area contributed by atoms with Crippen LogP contribution in [-0.2, 0) is 6.54 Å². The van der Waals surface area contributed by atoms with Crippen LogP contribution in [0.25, 0.3) is 16.6 Å². The van der Waals surface area contributed by atoms with Gasteiger partial charge in [-0.1, -0.05) is 43.5 Å². The van der Waals surface area contributed by atoms with Crippen LogP contribution in [0.1, 0.15) is 48.9 Å². The molecule has 0 radical (unpaired) electrons. The largest absolute Gasteiger partial charge is 2.00 e. The number of anilines is 2. The molecule has 0 saturated carbocycles. The van der Waals surface area contributed by atoms with Gasteiger partial charge >= 0.3 is 31.1 Å². The Morgan fingerprint density at radius 2 is 2.00 bits per heavy atom. The maximum absolute atomic E-state index is 15.3. The molecule has 4 N–H and O–H groups in total. The van der Waals surface area contributed by atoms with E-state index in [1.807, 2.05) is 41.0 Å². The first-order valence-electron chi connectivity index (χ1n) is 14.3.